The molecule has 1 N–H and O–H groups in total. The molecule has 1 aliphatic heterocycles. The molecule has 3 aromatic rings. The SMILES string of the molecule is CC[C@H](c1cc(C2CC2)nc(N2Cc3c(Cl)cc(CN[C@@H](C)C4CCC4)cc3C2=O)c1)c1nncn1C. The van der Waals surface area contributed by atoms with Crippen molar-refractivity contribution in [1.29, 1.82) is 0 Å². The molecule has 6 rings (SSSR count). The van der Waals surface area contributed by atoms with Gasteiger partial charge in [0.05, 0.1) is 6.54 Å². The number of halogens is 1. The van der Waals surface area contributed by atoms with Gasteiger partial charge in [0.2, 0.25) is 0 Å². The summed E-state index contributed by atoms with van der Waals surface area (Å²) in [5, 5.41) is 12.8. The maximum atomic E-state index is 13.7. The number of anilines is 1. The first-order valence-corrected chi connectivity index (χ1v) is 14.0. The van der Waals surface area contributed by atoms with Crippen LogP contribution in [-0.2, 0) is 20.1 Å². The van der Waals surface area contributed by atoms with Crippen molar-refractivity contribution in [3.63, 3.8) is 0 Å². The second kappa shape index (κ2) is 9.84. The molecule has 0 unspecified atom stereocenters. The molecule has 1 aromatic carbocycles. The molecular formula is C29H35ClN6O. The van der Waals surface area contributed by atoms with E-state index in [1.807, 2.05) is 23.7 Å². The van der Waals surface area contributed by atoms with Crippen LogP contribution in [0.25, 0.3) is 0 Å². The number of carbonyl (C=O) groups excluding carboxylic acids is 1. The number of carbonyl (C=O) groups is 1. The minimum Gasteiger partial charge on any atom is -0.320 e. The third kappa shape index (κ3) is 4.68. The summed E-state index contributed by atoms with van der Waals surface area (Å²) in [7, 11) is 1.98. The van der Waals surface area contributed by atoms with Crippen molar-refractivity contribution in [1.82, 2.24) is 25.1 Å². The Hall–Kier alpha value is -2.77. The molecule has 37 heavy (non-hydrogen) atoms. The Kier molecular flexibility index (Phi) is 6.53. The number of hydrogen-bond donors (Lipinski definition) is 1. The lowest BCUT2D eigenvalue weighted by Gasteiger charge is -2.32. The molecule has 0 spiro atoms. The molecule has 3 heterocycles. The molecule has 2 aromatic heterocycles. The van der Waals surface area contributed by atoms with Crippen LogP contribution < -0.4 is 10.2 Å². The Balaban J connectivity index is 1.29. The second-order valence-electron chi connectivity index (χ2n) is 11.1. The number of aromatic nitrogens is 4. The fourth-order valence-electron chi connectivity index (χ4n) is 5.75. The monoisotopic (exact) mass is 518 g/mol. The predicted molar refractivity (Wildman–Crippen MR) is 145 cm³/mol. The van der Waals surface area contributed by atoms with Crippen LogP contribution in [0.5, 0.6) is 0 Å². The summed E-state index contributed by atoms with van der Waals surface area (Å²) >= 11 is 6.75. The largest absolute Gasteiger partial charge is 0.320 e. The summed E-state index contributed by atoms with van der Waals surface area (Å²) in [5.74, 6) is 2.92. The maximum Gasteiger partial charge on any atom is 0.260 e. The first kappa shape index (κ1) is 24.6. The summed E-state index contributed by atoms with van der Waals surface area (Å²) in [6.07, 6.45) is 8.85. The molecule has 0 radical (unpaired) electrons. The highest BCUT2D eigenvalue weighted by Crippen LogP contribution is 2.42. The van der Waals surface area contributed by atoms with Gasteiger partial charge in [0.1, 0.15) is 18.0 Å². The number of nitrogens with zero attached hydrogens (tertiary/aromatic N) is 5. The van der Waals surface area contributed by atoms with Crippen molar-refractivity contribution >= 4 is 23.3 Å². The van der Waals surface area contributed by atoms with Crippen LogP contribution in [-0.4, -0.2) is 31.7 Å². The molecule has 2 fully saturated rings. The van der Waals surface area contributed by atoms with E-state index in [9.17, 15) is 4.79 Å². The van der Waals surface area contributed by atoms with Gasteiger partial charge in [-0.05, 0) is 80.3 Å². The number of rotatable bonds is 9. The van der Waals surface area contributed by atoms with Gasteiger partial charge in [-0.3, -0.25) is 9.69 Å². The number of hydrogen-bond acceptors (Lipinski definition) is 5. The number of pyridine rings is 1. The minimum atomic E-state index is -0.0242. The first-order valence-electron chi connectivity index (χ1n) is 13.6. The van der Waals surface area contributed by atoms with Gasteiger partial charge in [-0.15, -0.1) is 10.2 Å². The third-order valence-electron chi connectivity index (χ3n) is 8.53. The lowest BCUT2D eigenvalue weighted by Crippen LogP contribution is -2.36. The van der Waals surface area contributed by atoms with Crippen LogP contribution >= 0.6 is 11.6 Å². The molecule has 2 saturated carbocycles. The number of benzene rings is 1. The average molecular weight is 519 g/mol. The van der Waals surface area contributed by atoms with Crippen molar-refractivity contribution in [2.45, 2.75) is 83.3 Å². The number of fused-ring (bicyclic) bond motifs is 1. The fraction of sp³-hybridized carbons (Fsp3) is 0.517. The molecule has 2 atom stereocenters. The van der Waals surface area contributed by atoms with E-state index >= 15 is 0 Å². The molecule has 0 saturated heterocycles. The van der Waals surface area contributed by atoms with Gasteiger partial charge in [-0.1, -0.05) is 24.9 Å². The van der Waals surface area contributed by atoms with Crippen molar-refractivity contribution in [3.05, 3.63) is 69.4 Å². The number of aryl methyl sites for hydroxylation is 1. The Morgan fingerprint density at radius 2 is 1.97 bits per heavy atom. The molecular weight excluding hydrogens is 484 g/mol. The molecule has 0 bridgehead atoms. The third-order valence-corrected chi connectivity index (χ3v) is 8.86. The fourth-order valence-corrected chi connectivity index (χ4v) is 6.05. The van der Waals surface area contributed by atoms with Gasteiger partial charge < -0.3 is 9.88 Å². The summed E-state index contributed by atoms with van der Waals surface area (Å²) < 4.78 is 1.98. The van der Waals surface area contributed by atoms with E-state index in [0.29, 0.717) is 41.5 Å². The van der Waals surface area contributed by atoms with Crippen molar-refractivity contribution < 1.29 is 4.79 Å². The van der Waals surface area contributed by atoms with Crippen LogP contribution in [0.2, 0.25) is 5.02 Å². The molecule has 8 heteroatoms. The van der Waals surface area contributed by atoms with Crippen LogP contribution in [0.1, 0.15) is 103 Å². The Morgan fingerprint density at radius 1 is 1.16 bits per heavy atom. The number of nitrogens with one attached hydrogen (secondary N) is 1. The highest BCUT2D eigenvalue weighted by atomic mass is 35.5. The van der Waals surface area contributed by atoms with Gasteiger partial charge in [0, 0.05) is 53.3 Å². The smallest absolute Gasteiger partial charge is 0.260 e. The van der Waals surface area contributed by atoms with E-state index in [2.05, 4.69) is 41.5 Å². The van der Waals surface area contributed by atoms with Crippen molar-refractivity contribution in [2.24, 2.45) is 13.0 Å². The van der Waals surface area contributed by atoms with Gasteiger partial charge >= 0.3 is 0 Å². The Bertz CT molecular complexity index is 1330. The van der Waals surface area contributed by atoms with E-state index in [4.69, 9.17) is 16.6 Å². The molecule has 7 nitrogen and oxygen atoms in total. The topological polar surface area (TPSA) is 75.9 Å². The van der Waals surface area contributed by atoms with E-state index in [-0.39, 0.29) is 11.8 Å². The minimum absolute atomic E-state index is 0.0242. The number of amides is 1. The second-order valence-corrected chi connectivity index (χ2v) is 11.5. The van der Waals surface area contributed by atoms with Gasteiger partial charge in [-0.25, -0.2) is 4.98 Å². The normalized spacial score (nSPS) is 19.1. The summed E-state index contributed by atoms with van der Waals surface area (Å²) in [6, 6.07) is 8.77. The quantitative estimate of drug-likeness (QED) is 0.392. The molecule has 3 aliphatic rings. The maximum absolute atomic E-state index is 13.7. The molecule has 2 aliphatic carbocycles. The first-order chi connectivity index (χ1) is 17.9. The summed E-state index contributed by atoms with van der Waals surface area (Å²) in [5.41, 5.74) is 4.84. The zero-order valence-corrected chi connectivity index (χ0v) is 22.6. The van der Waals surface area contributed by atoms with Gasteiger partial charge in [0.15, 0.2) is 0 Å². The van der Waals surface area contributed by atoms with E-state index in [1.54, 1.807) is 11.2 Å². The van der Waals surface area contributed by atoms with E-state index in [1.165, 1.54) is 19.3 Å². The average Bonchev–Trinajstić information content (AvgIpc) is 3.54. The lowest BCUT2D eigenvalue weighted by molar-refractivity contribution is 0.0995. The lowest BCUT2D eigenvalue weighted by atomic mass is 9.80. The summed E-state index contributed by atoms with van der Waals surface area (Å²) in [4.78, 5) is 20.5. The van der Waals surface area contributed by atoms with Gasteiger partial charge in [0.25, 0.3) is 5.91 Å². The van der Waals surface area contributed by atoms with Crippen LogP contribution in [0.3, 0.4) is 0 Å². The Labute approximate surface area is 223 Å². The predicted octanol–water partition coefficient (Wildman–Crippen LogP) is 5.72. The Morgan fingerprint density at radius 3 is 2.62 bits per heavy atom. The van der Waals surface area contributed by atoms with Crippen LogP contribution in [0.4, 0.5) is 5.82 Å². The van der Waals surface area contributed by atoms with Crippen molar-refractivity contribution in [3.8, 4) is 0 Å². The van der Waals surface area contributed by atoms with Crippen LogP contribution in [0.15, 0.2) is 30.6 Å². The molecule has 194 valence electrons. The van der Waals surface area contributed by atoms with Crippen LogP contribution in [0, 0.1) is 5.92 Å². The molecule has 1 amide bonds. The summed E-state index contributed by atoms with van der Waals surface area (Å²) in [6.45, 7) is 5.58. The highest BCUT2D eigenvalue weighted by molar-refractivity contribution is 6.32. The standard InChI is InChI=1S/C29H35ClN6O/c1-4-22(28-34-32-16-35(28)3)21-12-26(20-8-9-20)33-27(13-21)36-15-24-23(29(36)37)10-18(11-25(24)30)14-31-17(2)19-6-5-7-19/h10-13,16-17,19-20,22,31H,4-9,14-15H2,1-3H3/t17-,22+/m0/s1. The van der Waals surface area contributed by atoms with E-state index in [0.717, 1.165) is 53.4 Å². The highest BCUT2D eigenvalue weighted by Gasteiger charge is 2.34. The zero-order valence-electron chi connectivity index (χ0n) is 21.9. The zero-order chi connectivity index (χ0) is 25.7. The van der Waals surface area contributed by atoms with Gasteiger partial charge in [-0.2, -0.15) is 0 Å². The van der Waals surface area contributed by atoms with E-state index < -0.39 is 0 Å². The van der Waals surface area contributed by atoms with Crippen molar-refractivity contribution in [2.75, 3.05) is 4.90 Å².